The van der Waals surface area contributed by atoms with Crippen molar-refractivity contribution in [2.24, 2.45) is 5.73 Å². The Morgan fingerprint density at radius 3 is 3.06 bits per heavy atom. The predicted molar refractivity (Wildman–Crippen MR) is 80.6 cm³/mol. The van der Waals surface area contributed by atoms with E-state index in [9.17, 15) is 4.79 Å². The molecular weight excluding hydrogens is 288 g/mol. The number of hydrogen-bond donors (Lipinski definition) is 2. The Morgan fingerprint density at radius 1 is 1.50 bits per heavy atom. The third kappa shape index (κ3) is 6.58. The summed E-state index contributed by atoms with van der Waals surface area (Å²) in [6, 6.07) is 0. The zero-order valence-corrected chi connectivity index (χ0v) is 12.8. The molecule has 0 saturated heterocycles. The van der Waals surface area contributed by atoms with Gasteiger partial charge in [-0.2, -0.15) is 21.1 Å². The van der Waals surface area contributed by atoms with E-state index < -0.39 is 0 Å². The van der Waals surface area contributed by atoms with E-state index in [1.165, 1.54) is 11.5 Å². The predicted octanol–water partition coefficient (Wildman–Crippen LogP) is 2.06. The van der Waals surface area contributed by atoms with E-state index in [1.807, 2.05) is 0 Å². The van der Waals surface area contributed by atoms with Crippen LogP contribution in [0.15, 0.2) is 5.16 Å². The lowest BCUT2D eigenvalue weighted by molar-refractivity contribution is -0.113. The fourth-order valence-corrected chi connectivity index (χ4v) is 3.21. The second-order valence-electron chi connectivity index (χ2n) is 3.47. The second kappa shape index (κ2) is 9.60. The summed E-state index contributed by atoms with van der Waals surface area (Å²) >= 11 is 4.42. The van der Waals surface area contributed by atoms with Gasteiger partial charge in [0, 0.05) is 17.3 Å². The van der Waals surface area contributed by atoms with Crippen molar-refractivity contribution in [1.82, 2.24) is 9.36 Å². The maximum atomic E-state index is 11.6. The molecule has 1 amide bonds. The van der Waals surface area contributed by atoms with E-state index in [-0.39, 0.29) is 5.91 Å². The average Bonchev–Trinajstić information content (AvgIpc) is 2.80. The van der Waals surface area contributed by atoms with Crippen LogP contribution in [0.3, 0.4) is 0 Å². The molecule has 0 aliphatic rings. The van der Waals surface area contributed by atoms with Crippen molar-refractivity contribution in [2.75, 3.05) is 29.1 Å². The molecule has 0 unspecified atom stereocenters. The van der Waals surface area contributed by atoms with Crippen molar-refractivity contribution in [3.05, 3.63) is 0 Å². The number of nitrogens with zero attached hydrogens (tertiary/aromatic N) is 2. The van der Waals surface area contributed by atoms with E-state index in [4.69, 9.17) is 5.73 Å². The molecule has 1 heterocycles. The molecule has 0 fully saturated rings. The first kappa shape index (κ1) is 15.7. The van der Waals surface area contributed by atoms with Crippen LogP contribution in [0.5, 0.6) is 0 Å². The molecule has 0 aliphatic carbocycles. The highest BCUT2D eigenvalue weighted by Crippen LogP contribution is 2.20. The quantitative estimate of drug-likeness (QED) is 0.537. The molecule has 18 heavy (non-hydrogen) atoms. The molecule has 0 radical (unpaired) electrons. The van der Waals surface area contributed by atoms with Crippen molar-refractivity contribution in [3.8, 4) is 0 Å². The van der Waals surface area contributed by atoms with Gasteiger partial charge in [0.15, 0.2) is 0 Å². The summed E-state index contributed by atoms with van der Waals surface area (Å²) in [5.41, 5.74) is 5.38. The topological polar surface area (TPSA) is 80.9 Å². The lowest BCUT2D eigenvalue weighted by atomic mass is 10.5. The van der Waals surface area contributed by atoms with Crippen LogP contribution < -0.4 is 11.1 Å². The average molecular weight is 306 g/mol. The Labute approximate surface area is 120 Å². The van der Waals surface area contributed by atoms with Crippen LogP contribution in [0.2, 0.25) is 0 Å². The summed E-state index contributed by atoms with van der Waals surface area (Å²) in [5, 5.41) is 4.08. The van der Waals surface area contributed by atoms with Crippen LogP contribution in [0.1, 0.15) is 19.8 Å². The van der Waals surface area contributed by atoms with E-state index in [0.29, 0.717) is 17.4 Å². The van der Waals surface area contributed by atoms with Gasteiger partial charge in [-0.05, 0) is 25.1 Å². The standard InChI is InChI=1S/C10H18N4OS3/c1-2-5-17-10-13-9(18-14-10)12-8(15)7-16-6-3-4-11/h2-7,11H2,1H3,(H,12,13,14,15). The third-order valence-electron chi connectivity index (χ3n) is 1.81. The van der Waals surface area contributed by atoms with Gasteiger partial charge >= 0.3 is 0 Å². The number of rotatable bonds is 9. The number of nitrogens with one attached hydrogen (secondary N) is 1. The molecular formula is C10H18N4OS3. The van der Waals surface area contributed by atoms with Crippen LogP contribution in [0.25, 0.3) is 0 Å². The molecule has 5 nitrogen and oxygen atoms in total. The first-order chi connectivity index (χ1) is 8.76. The molecule has 0 aromatic carbocycles. The molecule has 0 bridgehead atoms. The number of carbonyl (C=O) groups excluding carboxylic acids is 1. The molecule has 8 heteroatoms. The van der Waals surface area contributed by atoms with Gasteiger partial charge < -0.3 is 5.73 Å². The van der Waals surface area contributed by atoms with E-state index in [1.54, 1.807) is 23.5 Å². The van der Waals surface area contributed by atoms with Crippen molar-refractivity contribution < 1.29 is 4.79 Å². The van der Waals surface area contributed by atoms with Gasteiger partial charge in [0.05, 0.1) is 5.75 Å². The Hall–Kier alpha value is -0.310. The van der Waals surface area contributed by atoms with Crippen LogP contribution >= 0.6 is 35.1 Å². The van der Waals surface area contributed by atoms with Gasteiger partial charge in [-0.1, -0.05) is 18.7 Å². The van der Waals surface area contributed by atoms with Crippen LogP contribution in [0, 0.1) is 0 Å². The zero-order chi connectivity index (χ0) is 13.2. The maximum Gasteiger partial charge on any atom is 0.236 e. The largest absolute Gasteiger partial charge is 0.330 e. The van der Waals surface area contributed by atoms with Gasteiger partial charge in [-0.15, -0.1) is 0 Å². The van der Waals surface area contributed by atoms with Crippen molar-refractivity contribution in [2.45, 2.75) is 24.9 Å². The number of thioether (sulfide) groups is 2. The second-order valence-corrected chi connectivity index (χ2v) is 6.39. The van der Waals surface area contributed by atoms with E-state index >= 15 is 0 Å². The smallest absolute Gasteiger partial charge is 0.236 e. The normalized spacial score (nSPS) is 10.6. The van der Waals surface area contributed by atoms with Gasteiger partial charge in [0.1, 0.15) is 0 Å². The van der Waals surface area contributed by atoms with Crippen LogP contribution in [-0.4, -0.2) is 39.1 Å². The Balaban J connectivity index is 2.24. The van der Waals surface area contributed by atoms with Crippen molar-refractivity contribution >= 4 is 46.1 Å². The Kier molecular flexibility index (Phi) is 8.40. The maximum absolute atomic E-state index is 11.6. The molecule has 0 saturated carbocycles. The number of hydrogen-bond acceptors (Lipinski definition) is 7. The Bertz CT molecular complexity index is 359. The highest BCUT2D eigenvalue weighted by Gasteiger charge is 2.08. The number of carbonyl (C=O) groups is 1. The number of aromatic nitrogens is 2. The van der Waals surface area contributed by atoms with E-state index in [2.05, 4.69) is 21.6 Å². The Morgan fingerprint density at radius 2 is 2.33 bits per heavy atom. The van der Waals surface area contributed by atoms with Gasteiger partial charge in [-0.25, -0.2) is 0 Å². The molecule has 0 aliphatic heterocycles. The number of anilines is 1. The lowest BCUT2D eigenvalue weighted by Gasteiger charge is -2.00. The third-order valence-corrected chi connectivity index (χ3v) is 4.66. The summed E-state index contributed by atoms with van der Waals surface area (Å²) in [4.78, 5) is 15.8. The molecule has 102 valence electrons. The molecule has 3 N–H and O–H groups in total. The fourth-order valence-electron chi connectivity index (χ4n) is 1.02. The SMILES string of the molecule is CCCSc1nsc(NC(=O)CSCCCN)n1. The van der Waals surface area contributed by atoms with Gasteiger partial charge in [0.25, 0.3) is 0 Å². The monoisotopic (exact) mass is 306 g/mol. The summed E-state index contributed by atoms with van der Waals surface area (Å²) < 4.78 is 4.17. The summed E-state index contributed by atoms with van der Waals surface area (Å²) in [6.45, 7) is 2.78. The molecule has 1 aromatic rings. The highest BCUT2D eigenvalue weighted by molar-refractivity contribution is 8.00. The van der Waals surface area contributed by atoms with Crippen molar-refractivity contribution in [1.29, 1.82) is 0 Å². The molecule has 1 rings (SSSR count). The summed E-state index contributed by atoms with van der Waals surface area (Å²) in [7, 11) is 0. The van der Waals surface area contributed by atoms with E-state index in [0.717, 1.165) is 29.5 Å². The molecule has 0 spiro atoms. The summed E-state index contributed by atoms with van der Waals surface area (Å²) in [5.74, 6) is 2.33. The minimum Gasteiger partial charge on any atom is -0.330 e. The number of amides is 1. The molecule has 0 atom stereocenters. The fraction of sp³-hybridized carbons (Fsp3) is 0.700. The zero-order valence-electron chi connectivity index (χ0n) is 10.3. The highest BCUT2D eigenvalue weighted by atomic mass is 32.2. The van der Waals surface area contributed by atoms with Gasteiger partial charge in [0.2, 0.25) is 16.2 Å². The number of nitrogens with two attached hydrogens (primary N) is 1. The molecule has 1 aromatic heterocycles. The lowest BCUT2D eigenvalue weighted by Crippen LogP contribution is -2.14. The minimum atomic E-state index is -0.0276. The van der Waals surface area contributed by atoms with Crippen molar-refractivity contribution in [3.63, 3.8) is 0 Å². The minimum absolute atomic E-state index is 0.0276. The van der Waals surface area contributed by atoms with Gasteiger partial charge in [-0.3, -0.25) is 10.1 Å². The first-order valence-electron chi connectivity index (χ1n) is 5.80. The van der Waals surface area contributed by atoms with Crippen LogP contribution in [0.4, 0.5) is 5.13 Å². The first-order valence-corrected chi connectivity index (χ1v) is 8.71. The van der Waals surface area contributed by atoms with Crippen LogP contribution in [-0.2, 0) is 4.79 Å². The summed E-state index contributed by atoms with van der Waals surface area (Å²) in [6.07, 6.45) is 2.03.